The van der Waals surface area contributed by atoms with Gasteiger partial charge in [0, 0.05) is 12.2 Å². The van der Waals surface area contributed by atoms with Gasteiger partial charge in [0.25, 0.3) is 5.91 Å². The topological polar surface area (TPSA) is 66.9 Å². The highest BCUT2D eigenvalue weighted by atomic mass is 19.1. The molecule has 27 heavy (non-hydrogen) atoms. The number of aromatic nitrogens is 2. The third-order valence-electron chi connectivity index (χ3n) is 4.10. The number of nitrogens with zero attached hydrogens (tertiary/aromatic N) is 2. The molecule has 138 valence electrons. The van der Waals surface area contributed by atoms with Gasteiger partial charge in [-0.25, -0.2) is 14.4 Å². The van der Waals surface area contributed by atoms with Crippen LogP contribution in [0.15, 0.2) is 60.7 Å². The zero-order chi connectivity index (χ0) is 19.2. The zero-order valence-electron chi connectivity index (χ0n) is 15.2. The Hall–Kier alpha value is -3.28. The molecule has 0 spiro atoms. The third-order valence-corrected chi connectivity index (χ3v) is 4.10. The van der Waals surface area contributed by atoms with Crippen LogP contribution >= 0.6 is 0 Å². The van der Waals surface area contributed by atoms with Crippen LogP contribution in [0.4, 0.5) is 10.3 Å². The summed E-state index contributed by atoms with van der Waals surface area (Å²) in [5.41, 5.74) is 2.90. The first-order valence-electron chi connectivity index (χ1n) is 8.71. The minimum Gasteiger partial charge on any atom is -0.350 e. The molecule has 0 saturated heterocycles. The predicted molar refractivity (Wildman–Crippen MR) is 103 cm³/mol. The molecule has 0 aliphatic heterocycles. The summed E-state index contributed by atoms with van der Waals surface area (Å²) in [5.74, 6) is -0.185. The molecule has 2 aromatic carbocycles. The zero-order valence-corrected chi connectivity index (χ0v) is 15.2. The van der Waals surface area contributed by atoms with Crippen molar-refractivity contribution in [3.63, 3.8) is 0 Å². The van der Waals surface area contributed by atoms with Crippen LogP contribution in [-0.2, 0) is 6.54 Å². The van der Waals surface area contributed by atoms with E-state index in [2.05, 4.69) is 20.6 Å². The molecule has 1 amide bonds. The van der Waals surface area contributed by atoms with E-state index in [1.165, 1.54) is 12.1 Å². The lowest BCUT2D eigenvalue weighted by Crippen LogP contribution is -2.28. The average molecular weight is 364 g/mol. The summed E-state index contributed by atoms with van der Waals surface area (Å²) in [7, 11) is 0. The van der Waals surface area contributed by atoms with Crippen molar-refractivity contribution in [2.24, 2.45) is 0 Å². The highest BCUT2D eigenvalue weighted by Crippen LogP contribution is 2.13. The van der Waals surface area contributed by atoms with E-state index in [9.17, 15) is 9.18 Å². The first-order valence-corrected chi connectivity index (χ1v) is 8.71. The Balaban J connectivity index is 1.68. The number of aryl methyl sites for hydroxylation is 1. The quantitative estimate of drug-likeness (QED) is 0.693. The number of carbonyl (C=O) groups excluding carboxylic acids is 1. The lowest BCUT2D eigenvalue weighted by atomic mass is 10.1. The minimum absolute atomic E-state index is 0.135. The van der Waals surface area contributed by atoms with Crippen molar-refractivity contribution in [2.45, 2.75) is 26.4 Å². The maximum absolute atomic E-state index is 13.0. The smallest absolute Gasteiger partial charge is 0.270 e. The molecular weight excluding hydrogens is 343 g/mol. The number of hydrogen-bond donors (Lipinski definition) is 2. The molecule has 3 aromatic rings. The van der Waals surface area contributed by atoms with Gasteiger partial charge < -0.3 is 10.6 Å². The number of rotatable bonds is 6. The normalized spacial score (nSPS) is 11.7. The summed E-state index contributed by atoms with van der Waals surface area (Å²) in [6, 6.07) is 17.4. The van der Waals surface area contributed by atoms with Crippen molar-refractivity contribution in [1.29, 1.82) is 0 Å². The van der Waals surface area contributed by atoms with Gasteiger partial charge in [-0.05, 0) is 43.2 Å². The standard InChI is InChI=1S/C21H21FN4O/c1-14-12-19(20(27)25-15(2)17-6-4-3-5-7-17)26-21(24-14)23-13-16-8-10-18(22)11-9-16/h3-12,15H,13H2,1-2H3,(H,25,27)(H,23,24,26). The Morgan fingerprint density at radius 1 is 1.07 bits per heavy atom. The molecule has 0 radical (unpaired) electrons. The first-order chi connectivity index (χ1) is 13.0. The molecule has 0 saturated carbocycles. The summed E-state index contributed by atoms with van der Waals surface area (Å²) in [4.78, 5) is 21.2. The van der Waals surface area contributed by atoms with Gasteiger partial charge in [-0.2, -0.15) is 0 Å². The molecule has 1 heterocycles. The SMILES string of the molecule is Cc1cc(C(=O)NC(C)c2ccccc2)nc(NCc2ccc(F)cc2)n1. The van der Waals surface area contributed by atoms with Crippen LogP contribution in [0.25, 0.3) is 0 Å². The maximum atomic E-state index is 13.0. The summed E-state index contributed by atoms with van der Waals surface area (Å²) in [5, 5.41) is 6.03. The molecule has 0 aliphatic carbocycles. The van der Waals surface area contributed by atoms with Crippen molar-refractivity contribution in [3.05, 3.63) is 89.0 Å². The van der Waals surface area contributed by atoms with Crippen molar-refractivity contribution in [2.75, 3.05) is 5.32 Å². The van der Waals surface area contributed by atoms with Crippen LogP contribution in [-0.4, -0.2) is 15.9 Å². The van der Waals surface area contributed by atoms with Crippen LogP contribution < -0.4 is 10.6 Å². The number of carbonyl (C=O) groups is 1. The molecule has 3 rings (SSSR count). The molecule has 6 heteroatoms. The van der Waals surface area contributed by atoms with Gasteiger partial charge in [0.05, 0.1) is 6.04 Å². The van der Waals surface area contributed by atoms with Crippen molar-refractivity contribution in [1.82, 2.24) is 15.3 Å². The summed E-state index contributed by atoms with van der Waals surface area (Å²) in [6.07, 6.45) is 0. The Kier molecular flexibility index (Phi) is 5.76. The van der Waals surface area contributed by atoms with Gasteiger partial charge in [0.15, 0.2) is 0 Å². The lowest BCUT2D eigenvalue weighted by molar-refractivity contribution is 0.0934. The van der Waals surface area contributed by atoms with Crippen LogP contribution in [0.5, 0.6) is 0 Å². The molecular formula is C21H21FN4O. The van der Waals surface area contributed by atoms with Crippen LogP contribution in [0.3, 0.4) is 0 Å². The number of halogens is 1. The largest absolute Gasteiger partial charge is 0.350 e. The Morgan fingerprint density at radius 2 is 1.78 bits per heavy atom. The molecule has 1 atom stereocenters. The van der Waals surface area contributed by atoms with Crippen LogP contribution in [0.1, 0.15) is 40.3 Å². The second-order valence-corrected chi connectivity index (χ2v) is 6.30. The van der Waals surface area contributed by atoms with Crippen molar-refractivity contribution >= 4 is 11.9 Å². The Morgan fingerprint density at radius 3 is 2.48 bits per heavy atom. The van der Waals surface area contributed by atoms with E-state index in [-0.39, 0.29) is 17.8 Å². The minimum atomic E-state index is -0.281. The molecule has 1 unspecified atom stereocenters. The van der Waals surface area contributed by atoms with Gasteiger partial charge >= 0.3 is 0 Å². The van der Waals surface area contributed by atoms with E-state index in [1.807, 2.05) is 44.2 Å². The predicted octanol–water partition coefficient (Wildman–Crippen LogP) is 4.03. The lowest BCUT2D eigenvalue weighted by Gasteiger charge is -2.14. The molecule has 0 bridgehead atoms. The van der Waals surface area contributed by atoms with E-state index in [1.54, 1.807) is 18.2 Å². The molecule has 0 fully saturated rings. The van der Waals surface area contributed by atoms with Crippen LogP contribution in [0, 0.1) is 12.7 Å². The van der Waals surface area contributed by atoms with E-state index >= 15 is 0 Å². The average Bonchev–Trinajstić information content (AvgIpc) is 2.68. The monoisotopic (exact) mass is 364 g/mol. The van der Waals surface area contributed by atoms with Crippen LogP contribution in [0.2, 0.25) is 0 Å². The van der Waals surface area contributed by atoms with Crippen molar-refractivity contribution in [3.8, 4) is 0 Å². The Bertz CT molecular complexity index is 913. The Labute approximate surface area is 157 Å². The number of amides is 1. The van der Waals surface area contributed by atoms with E-state index in [0.29, 0.717) is 23.9 Å². The van der Waals surface area contributed by atoms with E-state index < -0.39 is 0 Å². The molecule has 0 aliphatic rings. The number of anilines is 1. The van der Waals surface area contributed by atoms with Gasteiger partial charge in [-0.1, -0.05) is 42.5 Å². The number of benzene rings is 2. The molecule has 2 N–H and O–H groups in total. The third kappa shape index (κ3) is 5.10. The number of hydrogen-bond acceptors (Lipinski definition) is 4. The van der Waals surface area contributed by atoms with Crippen molar-refractivity contribution < 1.29 is 9.18 Å². The molecule has 1 aromatic heterocycles. The highest BCUT2D eigenvalue weighted by molar-refractivity contribution is 5.92. The van der Waals surface area contributed by atoms with Gasteiger partial charge in [0.2, 0.25) is 5.95 Å². The summed E-state index contributed by atoms with van der Waals surface area (Å²) in [6.45, 7) is 4.17. The van der Waals surface area contributed by atoms with Gasteiger partial charge in [-0.3, -0.25) is 4.79 Å². The fraction of sp³-hybridized carbons (Fsp3) is 0.190. The fourth-order valence-corrected chi connectivity index (χ4v) is 2.64. The summed E-state index contributed by atoms with van der Waals surface area (Å²) >= 11 is 0. The van der Waals surface area contributed by atoms with E-state index in [4.69, 9.17) is 0 Å². The van der Waals surface area contributed by atoms with Gasteiger partial charge in [0.1, 0.15) is 11.5 Å². The second kappa shape index (κ2) is 8.40. The summed E-state index contributed by atoms with van der Waals surface area (Å²) < 4.78 is 13.0. The second-order valence-electron chi connectivity index (χ2n) is 6.30. The maximum Gasteiger partial charge on any atom is 0.270 e. The van der Waals surface area contributed by atoms with E-state index in [0.717, 1.165) is 11.1 Å². The number of nitrogens with one attached hydrogen (secondary N) is 2. The molecule has 5 nitrogen and oxygen atoms in total. The van der Waals surface area contributed by atoms with Gasteiger partial charge in [-0.15, -0.1) is 0 Å². The first kappa shape index (κ1) is 18.5. The highest BCUT2D eigenvalue weighted by Gasteiger charge is 2.14. The fourth-order valence-electron chi connectivity index (χ4n) is 2.64.